The van der Waals surface area contributed by atoms with Gasteiger partial charge in [0.15, 0.2) is 0 Å². The molecule has 1 aromatic heterocycles. The molecule has 2 heterocycles. The topological polar surface area (TPSA) is 73.6 Å². The Morgan fingerprint density at radius 2 is 2.08 bits per heavy atom. The molecule has 1 aliphatic carbocycles. The molecule has 0 amide bonds. The van der Waals surface area contributed by atoms with Crippen LogP contribution in [0.25, 0.3) is 5.57 Å². The quantitative estimate of drug-likeness (QED) is 0.770. The van der Waals surface area contributed by atoms with Crippen LogP contribution in [0.15, 0.2) is 28.4 Å². The number of nitriles is 1. The number of allylic oxidation sites excluding steroid dienone is 2. The Labute approximate surface area is 154 Å². The van der Waals surface area contributed by atoms with Crippen molar-refractivity contribution >= 4 is 23.3 Å². The Bertz CT molecular complexity index is 733. The number of hydrogen-bond donors (Lipinski definition) is 2. The van der Waals surface area contributed by atoms with Gasteiger partial charge >= 0.3 is 0 Å². The summed E-state index contributed by atoms with van der Waals surface area (Å²) in [6.07, 6.45) is 7.88. The maximum absolute atomic E-state index is 9.68. The lowest BCUT2D eigenvalue weighted by atomic mass is 9.93. The number of aromatic nitrogens is 2. The van der Waals surface area contributed by atoms with Gasteiger partial charge in [-0.15, -0.1) is 0 Å². The van der Waals surface area contributed by atoms with Crippen LogP contribution >= 0.6 is 11.8 Å². The van der Waals surface area contributed by atoms with Gasteiger partial charge < -0.3 is 10.6 Å². The SMILES string of the molecule is CC(C)(C)C1=CS/C(=C(\C#N)c2ccnc(NC3CCCCC3)n2)N1. The third kappa shape index (κ3) is 4.35. The molecule has 25 heavy (non-hydrogen) atoms. The third-order valence-electron chi connectivity index (χ3n) is 4.54. The number of rotatable bonds is 3. The minimum absolute atomic E-state index is 0.0225. The normalized spacial score (nSPS) is 20.5. The Morgan fingerprint density at radius 3 is 2.72 bits per heavy atom. The number of nitrogens with zero attached hydrogens (tertiary/aromatic N) is 3. The molecule has 0 aromatic carbocycles. The summed E-state index contributed by atoms with van der Waals surface area (Å²) in [5.74, 6) is 0.616. The monoisotopic (exact) mass is 355 g/mol. The van der Waals surface area contributed by atoms with Gasteiger partial charge in [0.1, 0.15) is 11.6 Å². The molecule has 3 rings (SSSR count). The van der Waals surface area contributed by atoms with Crippen molar-refractivity contribution in [1.29, 1.82) is 5.26 Å². The fraction of sp³-hybridized carbons (Fsp3) is 0.526. The average Bonchev–Trinajstić information content (AvgIpc) is 3.07. The van der Waals surface area contributed by atoms with Crippen LogP contribution in [-0.2, 0) is 0 Å². The highest BCUT2D eigenvalue weighted by Gasteiger charge is 2.25. The summed E-state index contributed by atoms with van der Waals surface area (Å²) >= 11 is 1.55. The summed E-state index contributed by atoms with van der Waals surface area (Å²) in [5, 5.41) is 19.4. The molecule has 0 bridgehead atoms. The van der Waals surface area contributed by atoms with Crippen molar-refractivity contribution in [3.8, 4) is 6.07 Å². The first-order valence-corrected chi connectivity index (χ1v) is 9.74. The lowest BCUT2D eigenvalue weighted by molar-refractivity contribution is 0.461. The van der Waals surface area contributed by atoms with Crippen molar-refractivity contribution in [3.63, 3.8) is 0 Å². The van der Waals surface area contributed by atoms with Crippen molar-refractivity contribution < 1.29 is 0 Å². The zero-order chi connectivity index (χ0) is 17.9. The molecule has 0 atom stereocenters. The first-order chi connectivity index (χ1) is 12.0. The van der Waals surface area contributed by atoms with Gasteiger partial charge in [0, 0.05) is 23.4 Å². The minimum Gasteiger partial charge on any atom is -0.351 e. The Morgan fingerprint density at radius 1 is 1.32 bits per heavy atom. The summed E-state index contributed by atoms with van der Waals surface area (Å²) in [4.78, 5) is 8.93. The highest BCUT2D eigenvalue weighted by molar-refractivity contribution is 8.06. The Kier molecular flexibility index (Phi) is 5.33. The summed E-state index contributed by atoms with van der Waals surface area (Å²) in [7, 11) is 0. The van der Waals surface area contributed by atoms with Gasteiger partial charge in [-0.1, -0.05) is 51.8 Å². The van der Waals surface area contributed by atoms with Crippen LogP contribution in [0, 0.1) is 16.7 Å². The van der Waals surface area contributed by atoms with Gasteiger partial charge in [-0.25, -0.2) is 9.97 Å². The van der Waals surface area contributed by atoms with Crippen LogP contribution in [0.2, 0.25) is 0 Å². The van der Waals surface area contributed by atoms with Crippen LogP contribution in [0.4, 0.5) is 5.95 Å². The van der Waals surface area contributed by atoms with Crippen LogP contribution in [0.3, 0.4) is 0 Å². The first kappa shape index (κ1) is 17.8. The smallest absolute Gasteiger partial charge is 0.223 e. The number of thioether (sulfide) groups is 1. The second-order valence-electron chi connectivity index (χ2n) is 7.59. The predicted octanol–water partition coefficient (Wildman–Crippen LogP) is 4.64. The van der Waals surface area contributed by atoms with Crippen molar-refractivity contribution in [2.75, 3.05) is 5.32 Å². The third-order valence-corrected chi connectivity index (χ3v) is 5.44. The van der Waals surface area contributed by atoms with Crippen molar-refractivity contribution in [2.24, 2.45) is 5.41 Å². The second-order valence-corrected chi connectivity index (χ2v) is 8.46. The maximum atomic E-state index is 9.68. The highest BCUT2D eigenvalue weighted by atomic mass is 32.2. The molecule has 5 nitrogen and oxygen atoms in total. The summed E-state index contributed by atoms with van der Waals surface area (Å²) in [6.45, 7) is 6.45. The van der Waals surface area contributed by atoms with E-state index in [0.717, 1.165) is 23.6 Å². The van der Waals surface area contributed by atoms with E-state index in [9.17, 15) is 5.26 Å². The molecule has 0 saturated heterocycles. The van der Waals surface area contributed by atoms with Gasteiger partial charge in [0.05, 0.1) is 10.7 Å². The van der Waals surface area contributed by atoms with Crippen LogP contribution in [0.5, 0.6) is 0 Å². The van der Waals surface area contributed by atoms with E-state index in [1.54, 1.807) is 24.0 Å². The van der Waals surface area contributed by atoms with Gasteiger partial charge in [-0.05, 0) is 24.3 Å². The van der Waals surface area contributed by atoms with Gasteiger partial charge in [-0.2, -0.15) is 5.26 Å². The summed E-state index contributed by atoms with van der Waals surface area (Å²) < 4.78 is 0. The van der Waals surface area contributed by atoms with Crippen LogP contribution < -0.4 is 10.6 Å². The molecule has 2 aliphatic rings. The molecule has 1 saturated carbocycles. The predicted molar refractivity (Wildman–Crippen MR) is 103 cm³/mol. The molecule has 1 aliphatic heterocycles. The lowest BCUT2D eigenvalue weighted by Gasteiger charge is -2.22. The van der Waals surface area contributed by atoms with Gasteiger partial charge in [0.25, 0.3) is 0 Å². The molecule has 1 aromatic rings. The van der Waals surface area contributed by atoms with E-state index in [2.05, 4.69) is 52.9 Å². The molecular weight excluding hydrogens is 330 g/mol. The maximum Gasteiger partial charge on any atom is 0.223 e. The number of hydrogen-bond acceptors (Lipinski definition) is 6. The van der Waals surface area contributed by atoms with Gasteiger partial charge in [0.2, 0.25) is 5.95 Å². The Balaban J connectivity index is 1.79. The van der Waals surface area contributed by atoms with Crippen molar-refractivity contribution in [2.45, 2.75) is 58.9 Å². The molecule has 1 fully saturated rings. The fourth-order valence-electron chi connectivity index (χ4n) is 3.01. The van der Waals surface area contributed by atoms with E-state index in [4.69, 9.17) is 0 Å². The molecule has 6 heteroatoms. The van der Waals surface area contributed by atoms with E-state index in [0.29, 0.717) is 23.3 Å². The molecular formula is C19H25N5S. The standard InChI is InChI=1S/C19H25N5S/c1-19(2,3)16-12-25-17(24-16)14(11-20)15-9-10-21-18(23-15)22-13-7-5-4-6-8-13/h9-10,12-13,24H,4-8H2,1-3H3,(H,21,22,23)/b17-14+. The highest BCUT2D eigenvalue weighted by Crippen LogP contribution is 2.37. The zero-order valence-electron chi connectivity index (χ0n) is 15.1. The van der Waals surface area contributed by atoms with E-state index in [1.165, 1.54) is 19.3 Å². The van der Waals surface area contributed by atoms with E-state index >= 15 is 0 Å². The van der Waals surface area contributed by atoms with Crippen LogP contribution in [-0.4, -0.2) is 16.0 Å². The second kappa shape index (κ2) is 7.49. The lowest BCUT2D eigenvalue weighted by Crippen LogP contribution is -2.23. The zero-order valence-corrected chi connectivity index (χ0v) is 15.9. The minimum atomic E-state index is 0.0225. The first-order valence-electron chi connectivity index (χ1n) is 8.86. The molecule has 0 radical (unpaired) electrons. The van der Waals surface area contributed by atoms with E-state index < -0.39 is 0 Å². The molecule has 2 N–H and O–H groups in total. The van der Waals surface area contributed by atoms with Crippen molar-refractivity contribution in [3.05, 3.63) is 34.1 Å². The Hall–Kier alpha value is -2.00. The number of anilines is 1. The fourth-order valence-corrected chi connectivity index (χ4v) is 4.09. The molecule has 0 spiro atoms. The summed E-state index contributed by atoms with van der Waals surface area (Å²) in [6, 6.07) is 4.55. The van der Waals surface area contributed by atoms with Crippen LogP contribution in [0.1, 0.15) is 58.6 Å². The van der Waals surface area contributed by atoms with E-state index in [-0.39, 0.29) is 5.41 Å². The molecule has 132 valence electrons. The summed E-state index contributed by atoms with van der Waals surface area (Å²) in [5.41, 5.74) is 2.37. The van der Waals surface area contributed by atoms with Gasteiger partial charge in [-0.3, -0.25) is 0 Å². The largest absolute Gasteiger partial charge is 0.351 e. The average molecular weight is 356 g/mol. The molecule has 0 unspecified atom stereocenters. The number of nitrogens with one attached hydrogen (secondary N) is 2. The van der Waals surface area contributed by atoms with Crippen molar-refractivity contribution in [1.82, 2.24) is 15.3 Å². The van der Waals surface area contributed by atoms with E-state index in [1.807, 2.05) is 0 Å².